The van der Waals surface area contributed by atoms with E-state index in [1.54, 1.807) is 18.2 Å². The lowest BCUT2D eigenvalue weighted by molar-refractivity contribution is 0.0967. The maximum absolute atomic E-state index is 11.4. The highest BCUT2D eigenvalue weighted by molar-refractivity contribution is 7.08. The first-order valence-electron chi connectivity index (χ1n) is 5.56. The highest BCUT2D eigenvalue weighted by Gasteiger charge is 2.23. The molecule has 0 radical (unpaired) electrons. The van der Waals surface area contributed by atoms with Crippen molar-refractivity contribution in [2.75, 3.05) is 0 Å². The first-order chi connectivity index (χ1) is 9.91. The maximum Gasteiger partial charge on any atom is 0.261 e. The smallest absolute Gasteiger partial charge is 0.261 e. The second kappa shape index (κ2) is 6.30. The summed E-state index contributed by atoms with van der Waals surface area (Å²) in [6, 6.07) is 5.05. The minimum absolute atomic E-state index is 0.0155. The van der Waals surface area contributed by atoms with Crippen molar-refractivity contribution in [3.63, 3.8) is 0 Å². The van der Waals surface area contributed by atoms with Crippen LogP contribution in [0.2, 0.25) is 10.0 Å². The van der Waals surface area contributed by atoms with Crippen LogP contribution in [-0.4, -0.2) is 16.2 Å². The number of halogens is 2. The molecule has 0 aliphatic carbocycles. The summed E-state index contributed by atoms with van der Waals surface area (Å²) in [5.74, 6) is -1.70. The van der Waals surface area contributed by atoms with Gasteiger partial charge in [-0.25, -0.2) is 0 Å². The van der Waals surface area contributed by atoms with Crippen molar-refractivity contribution in [3.8, 4) is 5.88 Å². The zero-order valence-electron chi connectivity index (χ0n) is 10.4. The second-order valence-electron chi connectivity index (χ2n) is 3.92. The average Bonchev–Trinajstić information content (AvgIpc) is 2.84. The molecule has 0 saturated carbocycles. The van der Waals surface area contributed by atoms with Gasteiger partial charge in [0.25, 0.3) is 11.8 Å². The molecule has 21 heavy (non-hydrogen) atoms. The molecule has 0 spiro atoms. The van der Waals surface area contributed by atoms with Crippen LogP contribution in [0.25, 0.3) is 0 Å². The third kappa shape index (κ3) is 3.26. The van der Waals surface area contributed by atoms with Crippen molar-refractivity contribution < 1.29 is 14.3 Å². The summed E-state index contributed by atoms with van der Waals surface area (Å²) >= 11 is 12.7. The Balaban J connectivity index is 2.26. The molecule has 0 atom stereocenters. The predicted molar refractivity (Wildman–Crippen MR) is 79.9 cm³/mol. The molecule has 0 aliphatic rings. The van der Waals surface area contributed by atoms with Gasteiger partial charge >= 0.3 is 0 Å². The fourth-order valence-electron chi connectivity index (χ4n) is 1.57. The number of ether oxygens (including phenoxy) is 1. The van der Waals surface area contributed by atoms with Gasteiger partial charge < -0.3 is 16.2 Å². The number of benzene rings is 1. The van der Waals surface area contributed by atoms with E-state index in [-0.39, 0.29) is 22.9 Å². The topological polar surface area (TPSA) is 108 Å². The molecular formula is C12H9Cl2N3O3S. The van der Waals surface area contributed by atoms with Crippen molar-refractivity contribution in [1.82, 2.24) is 4.37 Å². The van der Waals surface area contributed by atoms with E-state index in [0.29, 0.717) is 15.6 Å². The van der Waals surface area contributed by atoms with Crippen LogP contribution in [0.5, 0.6) is 5.88 Å². The number of amides is 2. The van der Waals surface area contributed by atoms with Gasteiger partial charge in [-0.15, -0.1) is 0 Å². The Labute approximate surface area is 133 Å². The van der Waals surface area contributed by atoms with Crippen molar-refractivity contribution in [2.45, 2.75) is 6.61 Å². The number of nitrogens with zero attached hydrogens (tertiary/aromatic N) is 1. The third-order valence-corrected chi connectivity index (χ3v) is 4.23. The Bertz CT molecular complexity index is 718. The molecule has 0 saturated heterocycles. The zero-order chi connectivity index (χ0) is 15.6. The molecule has 2 rings (SSSR count). The summed E-state index contributed by atoms with van der Waals surface area (Å²) in [7, 11) is 0. The summed E-state index contributed by atoms with van der Waals surface area (Å²) in [5, 5.41) is 0.717. The van der Waals surface area contributed by atoms with E-state index in [9.17, 15) is 9.59 Å². The number of carbonyl (C=O) groups is 2. The molecule has 0 fully saturated rings. The van der Waals surface area contributed by atoms with Crippen molar-refractivity contribution in [3.05, 3.63) is 44.2 Å². The highest BCUT2D eigenvalue weighted by atomic mass is 35.5. The Hall–Kier alpha value is -1.83. The summed E-state index contributed by atoms with van der Waals surface area (Å²) in [6.45, 7) is 0.0155. The largest absolute Gasteiger partial charge is 0.472 e. The summed E-state index contributed by atoms with van der Waals surface area (Å²) < 4.78 is 9.27. The van der Waals surface area contributed by atoms with E-state index in [2.05, 4.69) is 4.37 Å². The second-order valence-corrected chi connectivity index (χ2v) is 5.48. The molecule has 2 aromatic rings. The SMILES string of the molecule is NC(=O)c1snc(OCc2cccc(Cl)c2Cl)c1C(N)=O. The van der Waals surface area contributed by atoms with E-state index < -0.39 is 11.8 Å². The molecule has 2 amide bonds. The molecule has 110 valence electrons. The van der Waals surface area contributed by atoms with Gasteiger partial charge in [0.15, 0.2) is 0 Å². The molecule has 0 bridgehead atoms. The standard InChI is InChI=1S/C12H9Cl2N3O3S/c13-6-3-1-2-5(8(6)14)4-20-12-7(10(15)18)9(11(16)19)21-17-12/h1-3H,4H2,(H2,15,18)(H2,16,19). The molecule has 4 N–H and O–H groups in total. The number of carbonyl (C=O) groups excluding carboxylic acids is 2. The number of hydrogen-bond donors (Lipinski definition) is 2. The van der Waals surface area contributed by atoms with Gasteiger partial charge in [-0.1, -0.05) is 35.3 Å². The quantitative estimate of drug-likeness (QED) is 0.865. The van der Waals surface area contributed by atoms with Gasteiger partial charge in [0.05, 0.1) is 10.0 Å². The maximum atomic E-state index is 11.4. The van der Waals surface area contributed by atoms with Crippen LogP contribution >= 0.6 is 34.7 Å². The normalized spacial score (nSPS) is 10.4. The van der Waals surface area contributed by atoms with Crippen molar-refractivity contribution in [2.24, 2.45) is 11.5 Å². The van der Waals surface area contributed by atoms with E-state index in [1.807, 2.05) is 0 Å². The molecular weight excluding hydrogens is 337 g/mol. The fraction of sp³-hybridized carbons (Fsp3) is 0.0833. The van der Waals surface area contributed by atoms with Gasteiger partial charge in [0.2, 0.25) is 5.88 Å². The van der Waals surface area contributed by atoms with Crippen LogP contribution in [0, 0.1) is 0 Å². The van der Waals surface area contributed by atoms with Crippen LogP contribution in [-0.2, 0) is 6.61 Å². The van der Waals surface area contributed by atoms with Crippen molar-refractivity contribution in [1.29, 1.82) is 0 Å². The van der Waals surface area contributed by atoms with Gasteiger partial charge in [0.1, 0.15) is 17.0 Å². The van der Waals surface area contributed by atoms with Crippen LogP contribution in [0.4, 0.5) is 0 Å². The monoisotopic (exact) mass is 345 g/mol. The molecule has 9 heteroatoms. The lowest BCUT2D eigenvalue weighted by atomic mass is 10.2. The fourth-order valence-corrected chi connectivity index (χ4v) is 2.63. The van der Waals surface area contributed by atoms with Gasteiger partial charge in [-0.2, -0.15) is 4.37 Å². The van der Waals surface area contributed by atoms with E-state index >= 15 is 0 Å². The molecule has 6 nitrogen and oxygen atoms in total. The van der Waals surface area contributed by atoms with E-state index in [4.69, 9.17) is 39.4 Å². The van der Waals surface area contributed by atoms with E-state index in [1.165, 1.54) is 0 Å². The minimum Gasteiger partial charge on any atom is -0.472 e. The Morgan fingerprint density at radius 3 is 2.57 bits per heavy atom. The number of hydrogen-bond acceptors (Lipinski definition) is 5. The van der Waals surface area contributed by atoms with Crippen molar-refractivity contribution >= 4 is 46.5 Å². The average molecular weight is 346 g/mol. The number of primary amides is 2. The first-order valence-corrected chi connectivity index (χ1v) is 7.09. The number of rotatable bonds is 5. The van der Waals surface area contributed by atoms with Gasteiger partial charge in [-0.05, 0) is 17.6 Å². The molecule has 1 aromatic carbocycles. The zero-order valence-corrected chi connectivity index (χ0v) is 12.8. The van der Waals surface area contributed by atoms with Gasteiger partial charge in [-0.3, -0.25) is 9.59 Å². The third-order valence-electron chi connectivity index (χ3n) is 2.53. The minimum atomic E-state index is -0.843. The van der Waals surface area contributed by atoms with E-state index in [0.717, 1.165) is 11.5 Å². The van der Waals surface area contributed by atoms with Crippen LogP contribution in [0.3, 0.4) is 0 Å². The summed E-state index contributed by atoms with van der Waals surface area (Å²) in [5.41, 5.74) is 10.8. The lowest BCUT2D eigenvalue weighted by Crippen LogP contribution is -2.19. The Morgan fingerprint density at radius 1 is 1.24 bits per heavy atom. The molecule has 1 heterocycles. The number of nitrogens with two attached hydrogens (primary N) is 2. The first kappa shape index (κ1) is 15.6. The van der Waals surface area contributed by atoms with Crippen LogP contribution < -0.4 is 16.2 Å². The van der Waals surface area contributed by atoms with Crippen LogP contribution in [0.15, 0.2) is 18.2 Å². The molecule has 0 aliphatic heterocycles. The number of aromatic nitrogens is 1. The Kier molecular flexibility index (Phi) is 4.66. The van der Waals surface area contributed by atoms with Gasteiger partial charge in [0, 0.05) is 5.56 Å². The Morgan fingerprint density at radius 2 is 1.95 bits per heavy atom. The van der Waals surface area contributed by atoms with Crippen LogP contribution in [0.1, 0.15) is 25.6 Å². The summed E-state index contributed by atoms with van der Waals surface area (Å²) in [4.78, 5) is 22.6. The summed E-state index contributed by atoms with van der Waals surface area (Å²) in [6.07, 6.45) is 0. The predicted octanol–water partition coefficient (Wildman–Crippen LogP) is 2.23. The molecule has 0 unspecified atom stereocenters. The lowest BCUT2D eigenvalue weighted by Gasteiger charge is -2.07. The molecule has 1 aromatic heterocycles. The highest BCUT2D eigenvalue weighted by Crippen LogP contribution is 2.29.